The van der Waals surface area contributed by atoms with Gasteiger partial charge < -0.3 is 4.90 Å². The van der Waals surface area contributed by atoms with Crippen molar-refractivity contribution in [2.24, 2.45) is 5.92 Å². The number of carbonyl (C=O) groups excluding carboxylic acids is 2. The molecule has 4 rings (SSSR count). The maximum absolute atomic E-state index is 15.0. The molecular weight excluding hydrogens is 413 g/mol. The topological polar surface area (TPSA) is 64.4 Å². The lowest BCUT2D eigenvalue weighted by Crippen LogP contribution is -2.45. The fraction of sp³-hybridized carbons (Fsp3) is 0.375. The monoisotopic (exact) mass is 437 g/mol. The molecule has 0 radical (unpaired) electrons. The van der Waals surface area contributed by atoms with Gasteiger partial charge in [-0.3, -0.25) is 9.59 Å². The van der Waals surface area contributed by atoms with Gasteiger partial charge in [-0.05, 0) is 37.5 Å². The molecule has 2 heterocycles. The molecule has 1 unspecified atom stereocenters. The second-order valence-electron chi connectivity index (χ2n) is 8.04. The molecule has 2 saturated heterocycles. The Kier molecular flexibility index (Phi) is 6.40. The van der Waals surface area contributed by atoms with Gasteiger partial charge in [0.1, 0.15) is 11.1 Å². The minimum absolute atomic E-state index is 0.0794. The molecule has 2 fully saturated rings. The highest BCUT2D eigenvalue weighted by molar-refractivity contribution is 7.98. The summed E-state index contributed by atoms with van der Waals surface area (Å²) in [6, 6.07) is 16.1. The lowest BCUT2D eigenvalue weighted by molar-refractivity contribution is -0.139. The molecular formula is C24H24FN3O2S. The fourth-order valence-electron chi connectivity index (χ4n) is 4.05. The SMILES string of the molecule is C[C@H]1C(=O)C(=O)C(c2ccccc2)SN1Cc1ccc(N2CCC(C#N)CC2)cc1F. The minimum atomic E-state index is -0.610. The molecule has 7 heteroatoms. The fourth-order valence-corrected chi connectivity index (χ4v) is 5.30. The van der Waals surface area contributed by atoms with Gasteiger partial charge in [-0.15, -0.1) is 0 Å². The average molecular weight is 438 g/mol. The second kappa shape index (κ2) is 9.21. The lowest BCUT2D eigenvalue weighted by Gasteiger charge is -2.35. The van der Waals surface area contributed by atoms with E-state index in [-0.39, 0.29) is 18.3 Å². The van der Waals surface area contributed by atoms with Gasteiger partial charge in [0.05, 0.1) is 12.1 Å². The van der Waals surface area contributed by atoms with E-state index in [0.29, 0.717) is 5.56 Å². The number of piperidine rings is 1. The van der Waals surface area contributed by atoms with Crippen LogP contribution in [0.4, 0.5) is 10.1 Å². The van der Waals surface area contributed by atoms with E-state index in [4.69, 9.17) is 5.26 Å². The van der Waals surface area contributed by atoms with E-state index >= 15 is 0 Å². The third kappa shape index (κ3) is 4.51. The molecule has 160 valence electrons. The van der Waals surface area contributed by atoms with Crippen LogP contribution < -0.4 is 4.90 Å². The van der Waals surface area contributed by atoms with Crippen LogP contribution in [0.25, 0.3) is 0 Å². The van der Waals surface area contributed by atoms with Crippen molar-refractivity contribution in [2.45, 2.75) is 37.6 Å². The highest BCUT2D eigenvalue weighted by Crippen LogP contribution is 2.40. The molecule has 2 aromatic carbocycles. The summed E-state index contributed by atoms with van der Waals surface area (Å²) >= 11 is 1.30. The number of ketones is 2. The van der Waals surface area contributed by atoms with Crippen LogP contribution >= 0.6 is 11.9 Å². The molecule has 2 atom stereocenters. The third-order valence-electron chi connectivity index (χ3n) is 6.04. The zero-order valence-corrected chi connectivity index (χ0v) is 18.1. The highest BCUT2D eigenvalue weighted by atomic mass is 32.2. The largest absolute Gasteiger partial charge is 0.371 e. The Hall–Kier alpha value is -2.69. The van der Waals surface area contributed by atoms with Crippen LogP contribution in [0.5, 0.6) is 0 Å². The van der Waals surface area contributed by atoms with Crippen LogP contribution in [0.1, 0.15) is 36.1 Å². The highest BCUT2D eigenvalue weighted by Gasteiger charge is 2.41. The van der Waals surface area contributed by atoms with E-state index in [1.165, 1.54) is 18.0 Å². The first kappa shape index (κ1) is 21.5. The summed E-state index contributed by atoms with van der Waals surface area (Å²) in [6.07, 6.45) is 1.58. The summed E-state index contributed by atoms with van der Waals surface area (Å²) in [5.41, 5.74) is 2.08. The summed E-state index contributed by atoms with van der Waals surface area (Å²) < 4.78 is 16.8. The number of benzene rings is 2. The van der Waals surface area contributed by atoms with Crippen molar-refractivity contribution in [3.63, 3.8) is 0 Å². The standard InChI is InChI=1S/C24H24FN3O2S/c1-16-22(29)23(30)24(18-5-3-2-4-6-18)31-28(16)15-19-7-8-20(13-21(19)25)27-11-9-17(14-26)10-12-27/h2-8,13,16-17,24H,9-12,15H2,1H3/t16-,24?/m0/s1. The van der Waals surface area contributed by atoms with Crippen LogP contribution in [-0.4, -0.2) is 35.0 Å². The van der Waals surface area contributed by atoms with E-state index < -0.39 is 22.9 Å². The first-order chi connectivity index (χ1) is 15.0. The number of carbonyl (C=O) groups is 2. The number of hydrogen-bond acceptors (Lipinski definition) is 6. The quantitative estimate of drug-likeness (QED) is 0.525. The van der Waals surface area contributed by atoms with E-state index in [0.717, 1.165) is 37.2 Å². The molecule has 0 amide bonds. The smallest absolute Gasteiger partial charge is 0.218 e. The number of halogens is 1. The molecule has 2 aliphatic rings. The molecule has 0 saturated carbocycles. The number of nitriles is 1. The summed E-state index contributed by atoms with van der Waals surface area (Å²) in [5.74, 6) is -1.09. The number of Topliss-reactive ketones (excluding diaryl/α,β-unsaturated/α-hetero) is 2. The molecule has 0 bridgehead atoms. The maximum Gasteiger partial charge on any atom is 0.218 e. The number of anilines is 1. The molecule has 0 spiro atoms. The Morgan fingerprint density at radius 2 is 1.81 bits per heavy atom. The van der Waals surface area contributed by atoms with Gasteiger partial charge in [-0.1, -0.05) is 48.3 Å². The number of rotatable bonds is 4. The number of hydrogen-bond donors (Lipinski definition) is 0. The zero-order chi connectivity index (χ0) is 22.0. The predicted molar refractivity (Wildman–Crippen MR) is 119 cm³/mol. The average Bonchev–Trinajstić information content (AvgIpc) is 2.81. The Morgan fingerprint density at radius 1 is 1.10 bits per heavy atom. The van der Waals surface area contributed by atoms with Crippen LogP contribution in [0, 0.1) is 23.1 Å². The normalized spacial score (nSPS) is 23.1. The lowest BCUT2D eigenvalue weighted by atomic mass is 9.98. The van der Waals surface area contributed by atoms with Crippen LogP contribution in [0.3, 0.4) is 0 Å². The first-order valence-electron chi connectivity index (χ1n) is 10.5. The van der Waals surface area contributed by atoms with Crippen LogP contribution in [-0.2, 0) is 16.1 Å². The van der Waals surface area contributed by atoms with Crippen LogP contribution in [0.2, 0.25) is 0 Å². The number of nitrogens with zero attached hydrogens (tertiary/aromatic N) is 3. The van der Waals surface area contributed by atoms with Gasteiger partial charge >= 0.3 is 0 Å². The summed E-state index contributed by atoms with van der Waals surface area (Å²) in [7, 11) is 0. The van der Waals surface area contributed by atoms with Gasteiger partial charge in [0.2, 0.25) is 11.6 Å². The minimum Gasteiger partial charge on any atom is -0.371 e. The first-order valence-corrected chi connectivity index (χ1v) is 11.3. The Labute approximate surface area is 186 Å². The summed E-state index contributed by atoms with van der Waals surface area (Å²) in [5, 5.41) is 8.45. The molecule has 0 aliphatic carbocycles. The van der Waals surface area contributed by atoms with Crippen molar-refractivity contribution >= 4 is 29.2 Å². The van der Waals surface area contributed by atoms with Crippen molar-refractivity contribution in [3.8, 4) is 6.07 Å². The Morgan fingerprint density at radius 3 is 2.45 bits per heavy atom. The van der Waals surface area contributed by atoms with Crippen LogP contribution in [0.15, 0.2) is 48.5 Å². The molecule has 5 nitrogen and oxygen atoms in total. The van der Waals surface area contributed by atoms with Gasteiger partial charge in [-0.2, -0.15) is 5.26 Å². The van der Waals surface area contributed by atoms with E-state index in [9.17, 15) is 14.0 Å². The Bertz CT molecular complexity index is 1020. The summed E-state index contributed by atoms with van der Waals surface area (Å²) in [6.45, 7) is 3.41. The van der Waals surface area contributed by atoms with E-state index in [2.05, 4.69) is 11.0 Å². The van der Waals surface area contributed by atoms with Gasteiger partial charge in [0.15, 0.2) is 0 Å². The van der Waals surface area contributed by atoms with Crippen molar-refractivity contribution in [3.05, 3.63) is 65.5 Å². The molecule has 2 aliphatic heterocycles. The maximum atomic E-state index is 15.0. The van der Waals surface area contributed by atoms with Gasteiger partial charge in [-0.25, -0.2) is 8.70 Å². The van der Waals surface area contributed by atoms with Gasteiger partial charge in [0, 0.05) is 36.8 Å². The molecule has 0 N–H and O–H groups in total. The molecule has 0 aromatic heterocycles. The van der Waals surface area contributed by atoms with Crippen molar-refractivity contribution < 1.29 is 14.0 Å². The molecule has 31 heavy (non-hydrogen) atoms. The second-order valence-corrected chi connectivity index (χ2v) is 9.19. The van der Waals surface area contributed by atoms with E-state index in [1.807, 2.05) is 36.4 Å². The van der Waals surface area contributed by atoms with Crippen molar-refractivity contribution in [2.75, 3.05) is 18.0 Å². The van der Waals surface area contributed by atoms with E-state index in [1.54, 1.807) is 17.3 Å². The summed E-state index contributed by atoms with van der Waals surface area (Å²) in [4.78, 5) is 27.3. The zero-order valence-electron chi connectivity index (χ0n) is 17.3. The molecule has 2 aromatic rings. The Balaban J connectivity index is 1.49. The predicted octanol–water partition coefficient (Wildman–Crippen LogP) is 4.30. The van der Waals surface area contributed by atoms with Crippen molar-refractivity contribution in [1.29, 1.82) is 5.26 Å². The van der Waals surface area contributed by atoms with Crippen molar-refractivity contribution in [1.82, 2.24) is 4.31 Å². The van der Waals surface area contributed by atoms with Gasteiger partial charge in [0.25, 0.3) is 0 Å². The third-order valence-corrected chi connectivity index (χ3v) is 7.45.